The molecule has 0 saturated heterocycles. The Morgan fingerprint density at radius 1 is 1.31 bits per heavy atom. The van der Waals surface area contributed by atoms with Crippen LogP contribution in [0.15, 0.2) is 0 Å². The molecular formula is C13H26N2O. The van der Waals surface area contributed by atoms with Crippen LogP contribution in [0.5, 0.6) is 0 Å². The molecule has 16 heavy (non-hydrogen) atoms. The largest absolute Gasteiger partial charge is 0.358 e. The fourth-order valence-corrected chi connectivity index (χ4v) is 2.47. The van der Waals surface area contributed by atoms with Crippen molar-refractivity contribution in [1.29, 1.82) is 0 Å². The van der Waals surface area contributed by atoms with Crippen molar-refractivity contribution in [1.82, 2.24) is 10.6 Å². The van der Waals surface area contributed by atoms with Gasteiger partial charge in [0.2, 0.25) is 5.91 Å². The Hall–Kier alpha value is -0.570. The minimum Gasteiger partial charge on any atom is -0.358 e. The van der Waals surface area contributed by atoms with Crippen molar-refractivity contribution in [3.05, 3.63) is 0 Å². The van der Waals surface area contributed by atoms with Gasteiger partial charge in [-0.15, -0.1) is 0 Å². The summed E-state index contributed by atoms with van der Waals surface area (Å²) in [6, 6.07) is 0.435. The molecule has 0 radical (unpaired) electrons. The van der Waals surface area contributed by atoms with E-state index in [0.717, 1.165) is 0 Å². The smallest absolute Gasteiger partial charge is 0.236 e. The van der Waals surface area contributed by atoms with E-state index in [1.165, 1.54) is 32.1 Å². The van der Waals surface area contributed by atoms with E-state index in [2.05, 4.69) is 24.5 Å². The second-order valence-electron chi connectivity index (χ2n) is 5.79. The molecule has 0 aliphatic heterocycles. The number of rotatable bonds is 3. The van der Waals surface area contributed by atoms with Crippen molar-refractivity contribution >= 4 is 5.91 Å². The topological polar surface area (TPSA) is 41.1 Å². The highest BCUT2D eigenvalue weighted by molar-refractivity contribution is 5.80. The molecule has 0 heterocycles. The summed E-state index contributed by atoms with van der Waals surface area (Å²) in [4.78, 5) is 11.4. The average Bonchev–Trinajstić information content (AvgIpc) is 2.39. The monoisotopic (exact) mass is 226 g/mol. The fourth-order valence-electron chi connectivity index (χ4n) is 2.47. The summed E-state index contributed by atoms with van der Waals surface area (Å²) >= 11 is 0. The molecule has 0 spiro atoms. The van der Waals surface area contributed by atoms with Gasteiger partial charge in [-0.1, -0.05) is 20.3 Å². The van der Waals surface area contributed by atoms with Crippen LogP contribution < -0.4 is 10.6 Å². The van der Waals surface area contributed by atoms with Crippen LogP contribution in [-0.4, -0.2) is 25.0 Å². The van der Waals surface area contributed by atoms with E-state index >= 15 is 0 Å². The fraction of sp³-hybridized carbons (Fsp3) is 0.923. The summed E-state index contributed by atoms with van der Waals surface area (Å²) in [5, 5.41) is 6.12. The SMILES string of the molecule is CNC(=O)C(C)NC1CCCC(C)(C)CC1. The number of nitrogens with one attached hydrogen (secondary N) is 2. The molecule has 2 atom stereocenters. The van der Waals surface area contributed by atoms with Gasteiger partial charge in [0.1, 0.15) is 0 Å². The van der Waals surface area contributed by atoms with Gasteiger partial charge >= 0.3 is 0 Å². The summed E-state index contributed by atoms with van der Waals surface area (Å²) in [6.07, 6.45) is 6.22. The second-order valence-corrected chi connectivity index (χ2v) is 5.79. The lowest BCUT2D eigenvalue weighted by atomic mass is 9.85. The Bertz CT molecular complexity index is 238. The maximum Gasteiger partial charge on any atom is 0.236 e. The Balaban J connectivity index is 2.41. The molecule has 3 heteroatoms. The van der Waals surface area contributed by atoms with Gasteiger partial charge in [0.15, 0.2) is 0 Å². The van der Waals surface area contributed by atoms with Crippen molar-refractivity contribution in [2.45, 2.75) is 65.0 Å². The summed E-state index contributed by atoms with van der Waals surface area (Å²) in [5.41, 5.74) is 0.479. The third-order valence-corrected chi connectivity index (χ3v) is 3.70. The highest BCUT2D eigenvalue weighted by atomic mass is 16.2. The Morgan fingerprint density at radius 3 is 2.62 bits per heavy atom. The first-order valence-corrected chi connectivity index (χ1v) is 6.42. The zero-order chi connectivity index (χ0) is 12.2. The summed E-state index contributed by atoms with van der Waals surface area (Å²) in [6.45, 7) is 6.63. The molecule has 1 fully saturated rings. The van der Waals surface area contributed by atoms with E-state index < -0.39 is 0 Å². The molecule has 2 N–H and O–H groups in total. The van der Waals surface area contributed by atoms with E-state index in [1.807, 2.05) is 6.92 Å². The van der Waals surface area contributed by atoms with Crippen molar-refractivity contribution in [2.75, 3.05) is 7.05 Å². The maximum absolute atomic E-state index is 11.4. The van der Waals surface area contributed by atoms with Gasteiger partial charge in [-0.2, -0.15) is 0 Å². The van der Waals surface area contributed by atoms with E-state index in [0.29, 0.717) is 11.5 Å². The van der Waals surface area contributed by atoms with Gasteiger partial charge < -0.3 is 10.6 Å². The van der Waals surface area contributed by atoms with Crippen LogP contribution >= 0.6 is 0 Å². The summed E-state index contributed by atoms with van der Waals surface area (Å²) in [5.74, 6) is 0.0866. The highest BCUT2D eigenvalue weighted by Gasteiger charge is 2.25. The zero-order valence-corrected chi connectivity index (χ0v) is 11.1. The molecule has 1 amide bonds. The van der Waals surface area contributed by atoms with Gasteiger partial charge in [0.25, 0.3) is 0 Å². The van der Waals surface area contributed by atoms with Gasteiger partial charge in [-0.3, -0.25) is 4.79 Å². The Kier molecular flexibility index (Phi) is 4.78. The third kappa shape index (κ3) is 4.12. The first-order valence-electron chi connectivity index (χ1n) is 6.42. The quantitative estimate of drug-likeness (QED) is 0.723. The van der Waals surface area contributed by atoms with E-state index in [4.69, 9.17) is 0 Å². The maximum atomic E-state index is 11.4. The molecule has 3 nitrogen and oxygen atoms in total. The lowest BCUT2D eigenvalue weighted by Crippen LogP contribution is -2.45. The summed E-state index contributed by atoms with van der Waals surface area (Å²) < 4.78 is 0. The van der Waals surface area contributed by atoms with E-state index in [9.17, 15) is 4.79 Å². The van der Waals surface area contributed by atoms with Crippen LogP contribution in [0.1, 0.15) is 52.9 Å². The molecule has 1 saturated carbocycles. The van der Waals surface area contributed by atoms with Crippen LogP contribution in [0.4, 0.5) is 0 Å². The van der Waals surface area contributed by atoms with Crippen LogP contribution in [0.2, 0.25) is 0 Å². The Morgan fingerprint density at radius 2 is 2.00 bits per heavy atom. The minimum atomic E-state index is -0.0730. The molecule has 94 valence electrons. The highest BCUT2D eigenvalue weighted by Crippen LogP contribution is 2.33. The number of hydrogen-bond acceptors (Lipinski definition) is 2. The van der Waals surface area contributed by atoms with Crippen molar-refractivity contribution in [3.8, 4) is 0 Å². The molecule has 0 aromatic rings. The molecule has 0 bridgehead atoms. The number of amides is 1. The molecule has 0 aromatic heterocycles. The van der Waals surface area contributed by atoms with Crippen molar-refractivity contribution in [3.63, 3.8) is 0 Å². The lowest BCUT2D eigenvalue weighted by molar-refractivity contribution is -0.122. The molecule has 0 aromatic carbocycles. The van der Waals surface area contributed by atoms with Crippen molar-refractivity contribution in [2.24, 2.45) is 5.41 Å². The number of carbonyl (C=O) groups excluding carboxylic acids is 1. The number of carbonyl (C=O) groups is 1. The first kappa shape index (κ1) is 13.5. The number of likely N-dealkylation sites (N-methyl/N-ethyl adjacent to an activating group) is 1. The minimum absolute atomic E-state index is 0.0730. The standard InChI is InChI=1S/C13H26N2O/c1-10(12(16)14-4)15-11-6-5-8-13(2,3)9-7-11/h10-11,15H,5-9H2,1-4H3,(H,14,16). The van der Waals surface area contributed by atoms with E-state index in [1.54, 1.807) is 7.05 Å². The number of hydrogen-bond donors (Lipinski definition) is 2. The summed E-state index contributed by atoms with van der Waals surface area (Å²) in [7, 11) is 1.69. The predicted octanol–water partition coefficient (Wildman–Crippen LogP) is 2.07. The van der Waals surface area contributed by atoms with Gasteiger partial charge in [0, 0.05) is 13.1 Å². The van der Waals surface area contributed by atoms with E-state index in [-0.39, 0.29) is 11.9 Å². The predicted molar refractivity (Wildman–Crippen MR) is 67.3 cm³/mol. The Labute approximate surface area is 99.4 Å². The second kappa shape index (κ2) is 5.67. The zero-order valence-electron chi connectivity index (χ0n) is 11.1. The molecule has 1 aliphatic rings. The van der Waals surface area contributed by atoms with Crippen LogP contribution in [0.3, 0.4) is 0 Å². The molecule has 1 rings (SSSR count). The van der Waals surface area contributed by atoms with Gasteiger partial charge in [-0.05, 0) is 38.0 Å². The lowest BCUT2D eigenvalue weighted by Gasteiger charge is -2.23. The third-order valence-electron chi connectivity index (χ3n) is 3.70. The van der Waals surface area contributed by atoms with Crippen LogP contribution in [-0.2, 0) is 4.79 Å². The van der Waals surface area contributed by atoms with Crippen molar-refractivity contribution < 1.29 is 4.79 Å². The van der Waals surface area contributed by atoms with Gasteiger partial charge in [0.05, 0.1) is 6.04 Å². The average molecular weight is 226 g/mol. The van der Waals surface area contributed by atoms with Crippen LogP contribution in [0, 0.1) is 5.41 Å². The van der Waals surface area contributed by atoms with Crippen LogP contribution in [0.25, 0.3) is 0 Å². The normalized spacial score (nSPS) is 26.9. The molecule has 1 aliphatic carbocycles. The molecular weight excluding hydrogens is 200 g/mol. The first-order chi connectivity index (χ1) is 7.44. The molecule has 2 unspecified atom stereocenters. The van der Waals surface area contributed by atoms with Gasteiger partial charge in [-0.25, -0.2) is 0 Å².